The first-order valence-electron chi connectivity index (χ1n) is 9.30. The van der Waals surface area contributed by atoms with E-state index < -0.39 is 11.4 Å². The van der Waals surface area contributed by atoms with Crippen molar-refractivity contribution in [2.24, 2.45) is 5.41 Å². The molecule has 1 aliphatic carbocycles. The highest BCUT2D eigenvalue weighted by Gasteiger charge is 2.36. The molecule has 27 heavy (non-hydrogen) atoms. The van der Waals surface area contributed by atoms with E-state index in [1.165, 1.54) is 12.1 Å². The summed E-state index contributed by atoms with van der Waals surface area (Å²) in [5.74, 6) is -1.60. The molecule has 1 aliphatic rings. The van der Waals surface area contributed by atoms with Gasteiger partial charge in [-0.3, -0.25) is 9.59 Å². The molecule has 1 aromatic heterocycles. The summed E-state index contributed by atoms with van der Waals surface area (Å²) in [6, 6.07) is 5.99. The van der Waals surface area contributed by atoms with Gasteiger partial charge in [0.25, 0.3) is 5.91 Å². The molecule has 2 N–H and O–H groups in total. The van der Waals surface area contributed by atoms with Gasteiger partial charge in [-0.05, 0) is 56.4 Å². The molecule has 0 bridgehead atoms. The van der Waals surface area contributed by atoms with Crippen LogP contribution in [0.2, 0.25) is 0 Å². The monoisotopic (exact) mass is 373 g/mol. The van der Waals surface area contributed by atoms with Gasteiger partial charge in [-0.2, -0.15) is 5.10 Å². The van der Waals surface area contributed by atoms with Gasteiger partial charge in [0.1, 0.15) is 5.82 Å². The Balaban J connectivity index is 1.87. The lowest BCUT2D eigenvalue weighted by Gasteiger charge is -2.26. The van der Waals surface area contributed by atoms with E-state index in [0.29, 0.717) is 24.2 Å². The van der Waals surface area contributed by atoms with Gasteiger partial charge in [0.15, 0.2) is 5.69 Å². The smallest absolute Gasteiger partial charge is 0.311 e. The van der Waals surface area contributed by atoms with Crippen molar-refractivity contribution in [1.29, 1.82) is 0 Å². The number of benzene rings is 1. The summed E-state index contributed by atoms with van der Waals surface area (Å²) in [5, 5.41) is 16.8. The number of carboxylic acid groups (broad SMARTS) is 1. The highest BCUT2D eigenvalue weighted by molar-refractivity contribution is 5.94. The largest absolute Gasteiger partial charge is 0.481 e. The number of carbonyl (C=O) groups excluding carboxylic acids is 1. The SMILES string of the molecule is CCC(CC)(CNC(=O)c1nn(-c2ccc(F)cc2)c2c1CCC2)C(=O)O. The average Bonchev–Trinajstić information content (AvgIpc) is 3.26. The molecule has 144 valence electrons. The van der Waals surface area contributed by atoms with Crippen molar-refractivity contribution < 1.29 is 19.1 Å². The fourth-order valence-electron chi connectivity index (χ4n) is 3.63. The van der Waals surface area contributed by atoms with Crippen LogP contribution in [-0.4, -0.2) is 33.3 Å². The van der Waals surface area contributed by atoms with Crippen LogP contribution in [0, 0.1) is 11.2 Å². The van der Waals surface area contributed by atoms with Crippen molar-refractivity contribution in [3.63, 3.8) is 0 Å². The van der Waals surface area contributed by atoms with E-state index in [4.69, 9.17) is 0 Å². The van der Waals surface area contributed by atoms with E-state index in [9.17, 15) is 19.1 Å². The number of carbonyl (C=O) groups is 2. The van der Waals surface area contributed by atoms with E-state index in [-0.39, 0.29) is 18.3 Å². The van der Waals surface area contributed by atoms with Gasteiger partial charge in [0, 0.05) is 17.8 Å². The highest BCUT2D eigenvalue weighted by atomic mass is 19.1. The van der Waals surface area contributed by atoms with E-state index in [2.05, 4.69) is 10.4 Å². The van der Waals surface area contributed by atoms with Crippen LogP contribution < -0.4 is 5.32 Å². The van der Waals surface area contributed by atoms with Crippen LogP contribution in [0.1, 0.15) is 54.9 Å². The van der Waals surface area contributed by atoms with Crippen LogP contribution in [0.15, 0.2) is 24.3 Å². The Morgan fingerprint density at radius 2 is 1.89 bits per heavy atom. The molecular formula is C20H24FN3O3. The van der Waals surface area contributed by atoms with Gasteiger partial charge in [-0.15, -0.1) is 0 Å². The van der Waals surface area contributed by atoms with E-state index in [1.54, 1.807) is 16.8 Å². The molecule has 1 aromatic carbocycles. The fourth-order valence-corrected chi connectivity index (χ4v) is 3.63. The lowest BCUT2D eigenvalue weighted by Crippen LogP contribution is -2.42. The van der Waals surface area contributed by atoms with Gasteiger partial charge in [0.05, 0.1) is 11.1 Å². The van der Waals surface area contributed by atoms with E-state index in [1.807, 2.05) is 13.8 Å². The van der Waals surface area contributed by atoms with Gasteiger partial charge < -0.3 is 10.4 Å². The molecule has 0 spiro atoms. The van der Waals surface area contributed by atoms with Crippen molar-refractivity contribution in [1.82, 2.24) is 15.1 Å². The van der Waals surface area contributed by atoms with Crippen molar-refractivity contribution >= 4 is 11.9 Å². The van der Waals surface area contributed by atoms with Gasteiger partial charge in [-0.1, -0.05) is 13.8 Å². The Morgan fingerprint density at radius 1 is 1.22 bits per heavy atom. The molecule has 0 aliphatic heterocycles. The maximum absolute atomic E-state index is 13.2. The van der Waals surface area contributed by atoms with Gasteiger partial charge in [0.2, 0.25) is 0 Å². The normalized spacial score (nSPS) is 13.4. The van der Waals surface area contributed by atoms with Crippen molar-refractivity contribution in [2.75, 3.05) is 6.54 Å². The first-order chi connectivity index (χ1) is 12.9. The zero-order chi connectivity index (χ0) is 19.6. The molecule has 0 saturated heterocycles. The fraction of sp³-hybridized carbons (Fsp3) is 0.450. The lowest BCUT2D eigenvalue weighted by atomic mass is 9.82. The molecular weight excluding hydrogens is 349 g/mol. The maximum atomic E-state index is 13.2. The minimum absolute atomic E-state index is 0.0619. The molecule has 0 saturated carbocycles. The van der Waals surface area contributed by atoms with Crippen LogP contribution in [0.5, 0.6) is 0 Å². The third-order valence-electron chi connectivity index (χ3n) is 5.61. The van der Waals surface area contributed by atoms with Crippen LogP contribution in [0.25, 0.3) is 5.69 Å². The lowest BCUT2D eigenvalue weighted by molar-refractivity contribution is -0.149. The second-order valence-corrected chi connectivity index (χ2v) is 6.99. The predicted octanol–water partition coefficient (Wildman–Crippen LogP) is 3.12. The summed E-state index contributed by atoms with van der Waals surface area (Å²) in [4.78, 5) is 24.4. The summed E-state index contributed by atoms with van der Waals surface area (Å²) >= 11 is 0. The summed E-state index contributed by atoms with van der Waals surface area (Å²) in [5.41, 5.74) is 1.92. The number of aliphatic carboxylic acids is 1. The molecule has 0 fully saturated rings. The standard InChI is InChI=1S/C20H24FN3O3/c1-3-20(4-2,19(26)27)12-22-18(25)17-15-6-5-7-16(15)24(23-17)14-10-8-13(21)9-11-14/h8-11H,3-7,12H2,1-2H3,(H,22,25)(H,26,27). The Morgan fingerprint density at radius 3 is 2.48 bits per heavy atom. The minimum atomic E-state index is -0.974. The second-order valence-electron chi connectivity index (χ2n) is 6.99. The van der Waals surface area contributed by atoms with Crippen LogP contribution >= 0.6 is 0 Å². The summed E-state index contributed by atoms with van der Waals surface area (Å²) in [6.07, 6.45) is 3.35. The summed E-state index contributed by atoms with van der Waals surface area (Å²) < 4.78 is 14.9. The third-order valence-corrected chi connectivity index (χ3v) is 5.61. The topological polar surface area (TPSA) is 84.2 Å². The number of amides is 1. The third kappa shape index (κ3) is 3.46. The number of nitrogens with one attached hydrogen (secondary N) is 1. The van der Waals surface area contributed by atoms with Gasteiger partial charge >= 0.3 is 5.97 Å². The zero-order valence-electron chi connectivity index (χ0n) is 15.6. The van der Waals surface area contributed by atoms with Crippen molar-refractivity contribution in [2.45, 2.75) is 46.0 Å². The highest BCUT2D eigenvalue weighted by Crippen LogP contribution is 2.29. The molecule has 6 nitrogen and oxygen atoms in total. The Bertz CT molecular complexity index is 854. The second kappa shape index (κ2) is 7.50. The number of hydrogen-bond acceptors (Lipinski definition) is 3. The van der Waals surface area contributed by atoms with E-state index in [0.717, 1.165) is 30.5 Å². The van der Waals surface area contributed by atoms with E-state index >= 15 is 0 Å². The van der Waals surface area contributed by atoms with Crippen LogP contribution in [0.4, 0.5) is 4.39 Å². The molecule has 1 amide bonds. The first kappa shape index (κ1) is 19.1. The number of hydrogen-bond donors (Lipinski definition) is 2. The maximum Gasteiger partial charge on any atom is 0.311 e. The predicted molar refractivity (Wildman–Crippen MR) is 98.5 cm³/mol. The van der Waals surface area contributed by atoms with Crippen LogP contribution in [-0.2, 0) is 17.6 Å². The number of fused-ring (bicyclic) bond motifs is 1. The Labute approximate surface area is 157 Å². The number of rotatable bonds is 7. The first-order valence-corrected chi connectivity index (χ1v) is 9.30. The average molecular weight is 373 g/mol. The minimum Gasteiger partial charge on any atom is -0.481 e. The summed E-state index contributed by atoms with van der Waals surface area (Å²) in [6.45, 7) is 3.68. The molecule has 1 heterocycles. The molecule has 0 unspecified atom stereocenters. The molecule has 0 atom stereocenters. The number of carboxylic acids is 1. The quantitative estimate of drug-likeness (QED) is 0.781. The number of halogens is 1. The Hall–Kier alpha value is -2.70. The Kier molecular flexibility index (Phi) is 5.30. The number of nitrogens with zero attached hydrogens (tertiary/aromatic N) is 2. The molecule has 3 rings (SSSR count). The molecule has 7 heteroatoms. The van der Waals surface area contributed by atoms with Crippen molar-refractivity contribution in [3.05, 3.63) is 47.0 Å². The molecule has 0 radical (unpaired) electrons. The zero-order valence-corrected chi connectivity index (χ0v) is 15.6. The number of aromatic nitrogens is 2. The molecule has 2 aromatic rings. The van der Waals surface area contributed by atoms with Gasteiger partial charge in [-0.25, -0.2) is 9.07 Å². The van der Waals surface area contributed by atoms with Crippen molar-refractivity contribution in [3.8, 4) is 5.69 Å². The van der Waals surface area contributed by atoms with Crippen LogP contribution in [0.3, 0.4) is 0 Å². The summed E-state index contributed by atoms with van der Waals surface area (Å²) in [7, 11) is 0.